The van der Waals surface area contributed by atoms with E-state index >= 15 is 0 Å². The number of aromatic nitrogens is 1. The lowest BCUT2D eigenvalue weighted by Crippen LogP contribution is -2.35. The van der Waals surface area contributed by atoms with Crippen molar-refractivity contribution in [2.24, 2.45) is 0 Å². The van der Waals surface area contributed by atoms with Gasteiger partial charge in [-0.2, -0.15) is 0 Å². The van der Waals surface area contributed by atoms with Crippen molar-refractivity contribution < 1.29 is 9.90 Å². The van der Waals surface area contributed by atoms with E-state index in [-0.39, 0.29) is 12.0 Å². The summed E-state index contributed by atoms with van der Waals surface area (Å²) < 4.78 is 0. The topological polar surface area (TPSA) is 65.5 Å². The van der Waals surface area contributed by atoms with E-state index in [2.05, 4.69) is 15.2 Å². The van der Waals surface area contributed by atoms with Crippen LogP contribution in [0.4, 0.5) is 5.69 Å². The van der Waals surface area contributed by atoms with Crippen molar-refractivity contribution in [3.05, 3.63) is 45.9 Å². The fourth-order valence-electron chi connectivity index (χ4n) is 2.71. The lowest BCUT2D eigenvalue weighted by atomic mass is 10.1. The van der Waals surface area contributed by atoms with Crippen LogP contribution in [0.3, 0.4) is 0 Å². The lowest BCUT2D eigenvalue weighted by Gasteiger charge is -2.31. The molecule has 0 aliphatic carbocycles. The van der Waals surface area contributed by atoms with Crippen LogP contribution in [0.1, 0.15) is 33.8 Å². The molecule has 1 aliphatic heterocycles. The number of nitrogens with zero attached hydrogens (tertiary/aromatic N) is 2. The summed E-state index contributed by atoms with van der Waals surface area (Å²) in [4.78, 5) is 19.7. The maximum Gasteiger partial charge on any atom is 0.251 e. The van der Waals surface area contributed by atoms with Crippen LogP contribution in [-0.2, 0) is 6.54 Å². The molecule has 6 heteroatoms. The van der Waals surface area contributed by atoms with Gasteiger partial charge in [0.05, 0.1) is 23.9 Å². The number of anilines is 1. The van der Waals surface area contributed by atoms with Gasteiger partial charge in [-0.05, 0) is 44.0 Å². The zero-order chi connectivity index (χ0) is 16.2. The van der Waals surface area contributed by atoms with E-state index in [1.807, 2.05) is 31.2 Å². The van der Waals surface area contributed by atoms with E-state index < -0.39 is 0 Å². The van der Waals surface area contributed by atoms with E-state index in [0.717, 1.165) is 42.2 Å². The van der Waals surface area contributed by atoms with Crippen molar-refractivity contribution in [2.45, 2.75) is 32.4 Å². The Morgan fingerprint density at radius 2 is 2.04 bits per heavy atom. The van der Waals surface area contributed by atoms with Gasteiger partial charge in [0.15, 0.2) is 0 Å². The Balaban J connectivity index is 1.58. The first-order valence-corrected chi connectivity index (χ1v) is 8.71. The van der Waals surface area contributed by atoms with E-state index in [1.54, 1.807) is 16.8 Å². The fraction of sp³-hybridized carbons (Fsp3) is 0.412. The van der Waals surface area contributed by atoms with Crippen molar-refractivity contribution in [3.63, 3.8) is 0 Å². The van der Waals surface area contributed by atoms with E-state index in [9.17, 15) is 9.90 Å². The third kappa shape index (κ3) is 3.89. The smallest absolute Gasteiger partial charge is 0.251 e. The molecule has 5 nitrogen and oxygen atoms in total. The van der Waals surface area contributed by atoms with Gasteiger partial charge in [0, 0.05) is 29.2 Å². The summed E-state index contributed by atoms with van der Waals surface area (Å²) in [6.07, 6.45) is 1.43. The highest BCUT2D eigenvalue weighted by molar-refractivity contribution is 7.09. The molecule has 1 amide bonds. The Labute approximate surface area is 140 Å². The average molecular weight is 331 g/mol. The number of nitrogens with one attached hydrogen (secondary N) is 1. The average Bonchev–Trinajstić information content (AvgIpc) is 2.99. The van der Waals surface area contributed by atoms with Gasteiger partial charge < -0.3 is 15.3 Å². The van der Waals surface area contributed by atoms with Gasteiger partial charge >= 0.3 is 0 Å². The Bertz CT molecular complexity index is 661. The van der Waals surface area contributed by atoms with Crippen molar-refractivity contribution in [3.8, 4) is 0 Å². The number of hydrogen-bond acceptors (Lipinski definition) is 5. The van der Waals surface area contributed by atoms with Crippen LogP contribution in [0.25, 0.3) is 0 Å². The zero-order valence-corrected chi connectivity index (χ0v) is 14.0. The molecule has 0 unspecified atom stereocenters. The summed E-state index contributed by atoms with van der Waals surface area (Å²) in [5.41, 5.74) is 4.53. The second kappa shape index (κ2) is 7.10. The number of aliphatic hydroxyl groups is 1. The van der Waals surface area contributed by atoms with Gasteiger partial charge in [-0.3, -0.25) is 4.79 Å². The molecule has 2 heterocycles. The molecule has 2 aromatic rings. The number of carbonyl (C=O) groups excluding carboxylic acids is 1. The van der Waals surface area contributed by atoms with Gasteiger partial charge in [-0.25, -0.2) is 4.98 Å². The second-order valence-corrected chi connectivity index (χ2v) is 6.75. The van der Waals surface area contributed by atoms with E-state index in [0.29, 0.717) is 12.1 Å². The molecule has 3 rings (SSSR count). The molecule has 1 saturated heterocycles. The number of aryl methyl sites for hydroxylation is 1. The summed E-state index contributed by atoms with van der Waals surface area (Å²) in [6, 6.07) is 7.67. The molecule has 1 fully saturated rings. The summed E-state index contributed by atoms with van der Waals surface area (Å²) in [6.45, 7) is 4.18. The normalized spacial score (nSPS) is 15.7. The molecule has 23 heavy (non-hydrogen) atoms. The highest BCUT2D eigenvalue weighted by atomic mass is 32.1. The molecule has 0 spiro atoms. The maximum absolute atomic E-state index is 12.2. The summed E-state index contributed by atoms with van der Waals surface area (Å²) in [7, 11) is 0. The monoisotopic (exact) mass is 331 g/mol. The van der Waals surface area contributed by atoms with Crippen LogP contribution in [0.5, 0.6) is 0 Å². The molecule has 0 atom stereocenters. The molecule has 1 aliphatic rings. The Morgan fingerprint density at radius 1 is 1.35 bits per heavy atom. The summed E-state index contributed by atoms with van der Waals surface area (Å²) in [5.74, 6) is -0.0709. The second-order valence-electron chi connectivity index (χ2n) is 5.81. The first-order valence-electron chi connectivity index (χ1n) is 7.83. The molecule has 0 radical (unpaired) electrons. The SMILES string of the molecule is Cc1ncsc1CNC(=O)c1ccc(N2CCC(O)CC2)cc1. The van der Waals surface area contributed by atoms with Crippen molar-refractivity contribution in [2.75, 3.05) is 18.0 Å². The van der Waals surface area contributed by atoms with E-state index in [4.69, 9.17) is 0 Å². The first-order chi connectivity index (χ1) is 11.1. The van der Waals surface area contributed by atoms with Crippen molar-refractivity contribution in [1.29, 1.82) is 0 Å². The van der Waals surface area contributed by atoms with Crippen LogP contribution in [-0.4, -0.2) is 35.2 Å². The first kappa shape index (κ1) is 16.0. The highest BCUT2D eigenvalue weighted by Gasteiger charge is 2.17. The van der Waals surface area contributed by atoms with Crippen LogP contribution >= 0.6 is 11.3 Å². The van der Waals surface area contributed by atoms with Gasteiger partial charge in [0.1, 0.15) is 0 Å². The standard InChI is InChI=1S/C17H21N3O2S/c1-12-16(23-11-19-12)10-18-17(22)13-2-4-14(5-3-13)20-8-6-15(21)7-9-20/h2-5,11,15,21H,6-10H2,1H3,(H,18,22). The third-order valence-electron chi connectivity index (χ3n) is 4.21. The Morgan fingerprint density at radius 3 is 2.65 bits per heavy atom. The molecular formula is C17H21N3O2S. The highest BCUT2D eigenvalue weighted by Crippen LogP contribution is 2.20. The van der Waals surface area contributed by atoms with Gasteiger partial charge in [-0.15, -0.1) is 11.3 Å². The lowest BCUT2D eigenvalue weighted by molar-refractivity contribution is 0.0951. The number of carbonyl (C=O) groups is 1. The quantitative estimate of drug-likeness (QED) is 0.902. The zero-order valence-electron chi connectivity index (χ0n) is 13.2. The molecule has 1 aromatic carbocycles. The number of aliphatic hydroxyl groups excluding tert-OH is 1. The van der Waals surface area contributed by atoms with Crippen molar-refractivity contribution >= 4 is 22.9 Å². The van der Waals surface area contributed by atoms with Crippen LogP contribution in [0.15, 0.2) is 29.8 Å². The number of rotatable bonds is 4. The molecule has 0 bridgehead atoms. The fourth-order valence-corrected chi connectivity index (χ4v) is 3.42. The van der Waals surface area contributed by atoms with Gasteiger partial charge in [-0.1, -0.05) is 0 Å². The maximum atomic E-state index is 12.2. The molecule has 122 valence electrons. The van der Waals surface area contributed by atoms with Crippen LogP contribution in [0.2, 0.25) is 0 Å². The predicted octanol–water partition coefficient (Wildman–Crippen LogP) is 2.34. The van der Waals surface area contributed by atoms with Crippen molar-refractivity contribution in [1.82, 2.24) is 10.3 Å². The Hall–Kier alpha value is -1.92. The van der Waals surface area contributed by atoms with Gasteiger partial charge in [0.2, 0.25) is 0 Å². The van der Waals surface area contributed by atoms with Gasteiger partial charge in [0.25, 0.3) is 5.91 Å². The summed E-state index contributed by atoms with van der Waals surface area (Å²) >= 11 is 1.56. The molecule has 0 saturated carbocycles. The minimum atomic E-state index is -0.175. The Kier molecular flexibility index (Phi) is 4.93. The number of hydrogen-bond donors (Lipinski definition) is 2. The molecule has 1 aromatic heterocycles. The minimum Gasteiger partial charge on any atom is -0.393 e. The third-order valence-corrected chi connectivity index (χ3v) is 5.15. The van der Waals surface area contributed by atoms with Crippen LogP contribution in [0, 0.1) is 6.92 Å². The number of benzene rings is 1. The molecule has 2 N–H and O–H groups in total. The van der Waals surface area contributed by atoms with E-state index in [1.165, 1.54) is 0 Å². The predicted molar refractivity (Wildman–Crippen MR) is 91.9 cm³/mol. The largest absolute Gasteiger partial charge is 0.393 e. The number of piperidine rings is 1. The molecular weight excluding hydrogens is 310 g/mol. The van der Waals surface area contributed by atoms with Crippen LogP contribution < -0.4 is 10.2 Å². The summed E-state index contributed by atoms with van der Waals surface area (Å²) in [5, 5.41) is 12.5. The number of thiazole rings is 1. The minimum absolute atomic E-state index is 0.0709. The number of amides is 1.